The number of unbranched alkanes of at least 4 members (excludes halogenated alkanes) is 2. The number of nitrogens with one attached hydrogen (secondary N) is 1. The number of methoxy groups -OCH3 is 1. The minimum atomic E-state index is -0.239. The van der Waals surface area contributed by atoms with Crippen LogP contribution in [0.2, 0.25) is 0 Å². The van der Waals surface area contributed by atoms with Crippen molar-refractivity contribution in [1.29, 1.82) is 0 Å². The first kappa shape index (κ1) is 27.9. The standard InChI is InChI=1S/C30H33N5O3S/c1-4-5-6-19-38-27-15-9-23(10-16-27)20-31-32-28(36)21-39-30-34-33-29(24-11-17-26(37-3)18-12-24)35(30)25-13-7-22(2)8-14-25/h7-18,20H,4-6,19,21H2,1-3H3,(H,32,36)/b31-20+. The van der Waals surface area contributed by atoms with Crippen molar-refractivity contribution in [3.63, 3.8) is 0 Å². The third-order valence-corrected chi connectivity index (χ3v) is 6.83. The van der Waals surface area contributed by atoms with Crippen LogP contribution in [0.3, 0.4) is 0 Å². The van der Waals surface area contributed by atoms with Crippen LogP contribution in [0.25, 0.3) is 17.1 Å². The molecule has 0 fully saturated rings. The normalized spacial score (nSPS) is 11.1. The summed E-state index contributed by atoms with van der Waals surface area (Å²) in [6.07, 6.45) is 4.99. The van der Waals surface area contributed by atoms with Crippen molar-refractivity contribution in [2.24, 2.45) is 5.10 Å². The Hall–Kier alpha value is -4.11. The van der Waals surface area contributed by atoms with E-state index in [0.29, 0.717) is 17.6 Å². The highest BCUT2D eigenvalue weighted by Crippen LogP contribution is 2.29. The molecule has 0 aliphatic heterocycles. The minimum Gasteiger partial charge on any atom is -0.497 e. The molecule has 0 radical (unpaired) electrons. The van der Waals surface area contributed by atoms with Crippen LogP contribution in [0.1, 0.15) is 37.3 Å². The largest absolute Gasteiger partial charge is 0.497 e. The van der Waals surface area contributed by atoms with Crippen molar-refractivity contribution >= 4 is 23.9 Å². The van der Waals surface area contributed by atoms with Crippen molar-refractivity contribution in [2.45, 2.75) is 38.3 Å². The molecule has 4 aromatic rings. The molecule has 1 N–H and O–H groups in total. The van der Waals surface area contributed by atoms with Crippen LogP contribution >= 0.6 is 11.8 Å². The van der Waals surface area contributed by atoms with Gasteiger partial charge in [-0.1, -0.05) is 49.2 Å². The molecule has 0 aliphatic carbocycles. The second-order valence-corrected chi connectivity index (χ2v) is 9.85. The van der Waals surface area contributed by atoms with Crippen molar-refractivity contribution in [3.8, 4) is 28.6 Å². The monoisotopic (exact) mass is 543 g/mol. The highest BCUT2D eigenvalue weighted by atomic mass is 32.2. The molecule has 0 spiro atoms. The van der Waals surface area contributed by atoms with Gasteiger partial charge in [0.1, 0.15) is 11.5 Å². The number of ether oxygens (including phenoxy) is 2. The van der Waals surface area contributed by atoms with Crippen LogP contribution < -0.4 is 14.9 Å². The number of aromatic nitrogens is 3. The number of hydrogen-bond donors (Lipinski definition) is 1. The predicted molar refractivity (Wildman–Crippen MR) is 156 cm³/mol. The molecular formula is C30H33N5O3S. The van der Waals surface area contributed by atoms with Gasteiger partial charge in [-0.3, -0.25) is 9.36 Å². The third-order valence-electron chi connectivity index (χ3n) is 5.91. The molecule has 0 saturated heterocycles. The van der Waals surface area contributed by atoms with Crippen LogP contribution in [-0.4, -0.2) is 46.4 Å². The maximum absolute atomic E-state index is 12.5. The van der Waals surface area contributed by atoms with Gasteiger partial charge < -0.3 is 9.47 Å². The Bertz CT molecular complexity index is 1370. The number of carbonyl (C=O) groups excluding carboxylic acids is 1. The zero-order chi connectivity index (χ0) is 27.5. The summed E-state index contributed by atoms with van der Waals surface area (Å²) in [4.78, 5) is 12.5. The van der Waals surface area contributed by atoms with Gasteiger partial charge in [0.25, 0.3) is 5.91 Å². The molecule has 8 nitrogen and oxygen atoms in total. The zero-order valence-electron chi connectivity index (χ0n) is 22.5. The van der Waals surface area contributed by atoms with Gasteiger partial charge in [-0.05, 0) is 79.6 Å². The summed E-state index contributed by atoms with van der Waals surface area (Å²) in [5.74, 6) is 2.17. The van der Waals surface area contributed by atoms with Crippen molar-refractivity contribution in [2.75, 3.05) is 19.5 Å². The molecule has 0 saturated carbocycles. The highest BCUT2D eigenvalue weighted by molar-refractivity contribution is 7.99. The van der Waals surface area contributed by atoms with E-state index in [2.05, 4.69) is 27.6 Å². The average molecular weight is 544 g/mol. The molecule has 202 valence electrons. The Balaban J connectivity index is 1.38. The van der Waals surface area contributed by atoms with Gasteiger partial charge >= 0.3 is 0 Å². The van der Waals surface area contributed by atoms with Crippen LogP contribution in [0.4, 0.5) is 0 Å². The van der Waals surface area contributed by atoms with Gasteiger partial charge in [-0.15, -0.1) is 10.2 Å². The van der Waals surface area contributed by atoms with Crippen molar-refractivity contribution in [3.05, 3.63) is 83.9 Å². The van der Waals surface area contributed by atoms with Gasteiger partial charge in [0.2, 0.25) is 0 Å². The lowest BCUT2D eigenvalue weighted by Crippen LogP contribution is -2.20. The topological polar surface area (TPSA) is 90.6 Å². The minimum absolute atomic E-state index is 0.133. The molecule has 1 aromatic heterocycles. The molecule has 4 rings (SSSR count). The molecule has 0 bridgehead atoms. The Morgan fingerprint density at radius 1 is 0.974 bits per heavy atom. The summed E-state index contributed by atoms with van der Waals surface area (Å²) in [6, 6.07) is 23.4. The van der Waals surface area contributed by atoms with Gasteiger partial charge in [0, 0.05) is 11.3 Å². The number of thioether (sulfide) groups is 1. The smallest absolute Gasteiger partial charge is 0.250 e. The van der Waals surface area contributed by atoms with E-state index in [1.54, 1.807) is 13.3 Å². The second kappa shape index (κ2) is 14.2. The lowest BCUT2D eigenvalue weighted by Gasteiger charge is -2.11. The summed E-state index contributed by atoms with van der Waals surface area (Å²) in [6.45, 7) is 4.93. The van der Waals surface area contributed by atoms with Gasteiger partial charge in [-0.2, -0.15) is 5.10 Å². The van der Waals surface area contributed by atoms with Crippen LogP contribution in [-0.2, 0) is 4.79 Å². The summed E-state index contributed by atoms with van der Waals surface area (Å²) in [5.41, 5.74) is 6.41. The zero-order valence-corrected chi connectivity index (χ0v) is 23.3. The molecular weight excluding hydrogens is 510 g/mol. The maximum atomic E-state index is 12.5. The SMILES string of the molecule is CCCCCOc1ccc(/C=N/NC(=O)CSc2nnc(-c3ccc(OC)cc3)n2-c2ccc(C)cc2)cc1. The van der Waals surface area contributed by atoms with E-state index < -0.39 is 0 Å². The van der Waals surface area contributed by atoms with Gasteiger partial charge in [0.05, 0.1) is 25.7 Å². The summed E-state index contributed by atoms with van der Waals surface area (Å²) in [5, 5.41) is 13.5. The summed E-state index contributed by atoms with van der Waals surface area (Å²) in [7, 11) is 1.63. The molecule has 9 heteroatoms. The molecule has 39 heavy (non-hydrogen) atoms. The number of amides is 1. The van der Waals surface area contributed by atoms with Crippen LogP contribution in [0, 0.1) is 6.92 Å². The number of carbonyl (C=O) groups is 1. The van der Waals surface area contributed by atoms with E-state index in [1.165, 1.54) is 18.2 Å². The fraction of sp³-hybridized carbons (Fsp3) is 0.267. The molecule has 0 unspecified atom stereocenters. The fourth-order valence-corrected chi connectivity index (χ4v) is 4.49. The first-order valence-electron chi connectivity index (χ1n) is 12.9. The van der Waals surface area contributed by atoms with E-state index >= 15 is 0 Å². The number of hydrogen-bond acceptors (Lipinski definition) is 7. The van der Waals surface area contributed by atoms with E-state index in [9.17, 15) is 4.79 Å². The van der Waals surface area contributed by atoms with Gasteiger partial charge in [-0.25, -0.2) is 5.43 Å². The number of nitrogens with zero attached hydrogens (tertiary/aromatic N) is 4. The first-order chi connectivity index (χ1) is 19.1. The second-order valence-electron chi connectivity index (χ2n) is 8.91. The quantitative estimate of drug-likeness (QED) is 0.0954. The summed E-state index contributed by atoms with van der Waals surface area (Å²) < 4.78 is 13.0. The highest BCUT2D eigenvalue weighted by Gasteiger charge is 2.17. The van der Waals surface area contributed by atoms with Crippen molar-refractivity contribution < 1.29 is 14.3 Å². The Morgan fingerprint density at radius 3 is 2.38 bits per heavy atom. The van der Waals surface area contributed by atoms with Crippen LogP contribution in [0.5, 0.6) is 11.5 Å². The lowest BCUT2D eigenvalue weighted by atomic mass is 10.2. The number of rotatable bonds is 13. The first-order valence-corrected chi connectivity index (χ1v) is 13.9. The van der Waals surface area contributed by atoms with E-state index in [4.69, 9.17) is 9.47 Å². The maximum Gasteiger partial charge on any atom is 0.250 e. The van der Waals surface area contributed by atoms with Gasteiger partial charge in [0.15, 0.2) is 11.0 Å². The number of benzene rings is 3. The molecule has 1 heterocycles. The number of aryl methyl sites for hydroxylation is 1. The molecule has 0 aliphatic rings. The Morgan fingerprint density at radius 2 is 1.69 bits per heavy atom. The average Bonchev–Trinajstić information content (AvgIpc) is 3.39. The molecule has 3 aromatic carbocycles. The Kier molecular flexibility index (Phi) is 10.1. The lowest BCUT2D eigenvalue weighted by molar-refractivity contribution is -0.118. The summed E-state index contributed by atoms with van der Waals surface area (Å²) >= 11 is 1.30. The van der Waals surface area contributed by atoms with E-state index in [1.807, 2.05) is 84.3 Å². The Labute approximate surface area is 233 Å². The van der Waals surface area contributed by atoms with E-state index in [-0.39, 0.29) is 11.7 Å². The van der Waals surface area contributed by atoms with E-state index in [0.717, 1.165) is 46.7 Å². The fourth-order valence-electron chi connectivity index (χ4n) is 3.75. The molecule has 0 atom stereocenters. The third kappa shape index (κ3) is 7.94. The van der Waals surface area contributed by atoms with Crippen molar-refractivity contribution in [1.82, 2.24) is 20.2 Å². The predicted octanol–water partition coefficient (Wildman–Crippen LogP) is 6.06. The number of hydrazone groups is 1. The molecule has 1 amide bonds. The van der Waals surface area contributed by atoms with Crippen LogP contribution in [0.15, 0.2) is 83.1 Å².